The van der Waals surface area contributed by atoms with E-state index in [4.69, 9.17) is 0 Å². The molecule has 2 N–H and O–H groups in total. The van der Waals surface area contributed by atoms with Gasteiger partial charge in [-0.05, 0) is 63.9 Å². The van der Waals surface area contributed by atoms with Gasteiger partial charge in [0.15, 0.2) is 0 Å². The molecule has 2 heteroatoms. The second kappa shape index (κ2) is 4.71. The maximum absolute atomic E-state index is 10.4. The molecule has 4 aromatic rings. The summed E-state index contributed by atoms with van der Waals surface area (Å²) in [5, 5.41) is 26.8. The highest BCUT2D eigenvalue weighted by Crippen LogP contribution is 2.36. The van der Waals surface area contributed by atoms with Crippen molar-refractivity contribution in [2.75, 3.05) is 0 Å². The Labute approximate surface area is 134 Å². The summed E-state index contributed by atoms with van der Waals surface area (Å²) in [6.45, 7) is 3.63. The zero-order chi connectivity index (χ0) is 16.2. The Kier molecular flexibility index (Phi) is 2.87. The smallest absolute Gasteiger partial charge is 0.116 e. The van der Waals surface area contributed by atoms with Crippen molar-refractivity contribution in [3.8, 4) is 5.75 Å². The molecule has 2 nitrogen and oxygen atoms in total. The van der Waals surface area contributed by atoms with E-state index in [0.717, 1.165) is 37.9 Å². The van der Waals surface area contributed by atoms with Gasteiger partial charge in [0, 0.05) is 0 Å². The quantitative estimate of drug-likeness (QED) is 0.481. The van der Waals surface area contributed by atoms with E-state index in [1.807, 2.05) is 38.1 Å². The van der Waals surface area contributed by atoms with Crippen molar-refractivity contribution in [3.05, 3.63) is 66.2 Å². The van der Waals surface area contributed by atoms with Crippen molar-refractivity contribution < 1.29 is 10.2 Å². The fraction of sp³-hybridized carbons (Fsp3) is 0.143. The lowest BCUT2D eigenvalue weighted by Gasteiger charge is -2.21. The second-order valence-corrected chi connectivity index (χ2v) is 6.59. The van der Waals surface area contributed by atoms with Crippen LogP contribution in [0.3, 0.4) is 0 Å². The summed E-state index contributed by atoms with van der Waals surface area (Å²) in [4.78, 5) is 0. The van der Waals surface area contributed by atoms with Crippen molar-refractivity contribution in [1.29, 1.82) is 0 Å². The van der Waals surface area contributed by atoms with Crippen LogP contribution in [-0.2, 0) is 5.60 Å². The first kappa shape index (κ1) is 14.0. The van der Waals surface area contributed by atoms with E-state index in [-0.39, 0.29) is 5.75 Å². The van der Waals surface area contributed by atoms with Crippen LogP contribution in [0.5, 0.6) is 5.75 Å². The molecular weight excluding hydrogens is 284 g/mol. The van der Waals surface area contributed by atoms with Crippen LogP contribution in [0.25, 0.3) is 32.3 Å². The van der Waals surface area contributed by atoms with Crippen molar-refractivity contribution in [1.82, 2.24) is 0 Å². The van der Waals surface area contributed by atoms with E-state index >= 15 is 0 Å². The maximum atomic E-state index is 10.4. The molecule has 23 heavy (non-hydrogen) atoms. The van der Waals surface area contributed by atoms with Gasteiger partial charge in [0.25, 0.3) is 0 Å². The Morgan fingerprint density at radius 1 is 0.696 bits per heavy atom. The minimum absolute atomic E-state index is 0.280. The van der Waals surface area contributed by atoms with Gasteiger partial charge in [-0.3, -0.25) is 0 Å². The third-order valence-corrected chi connectivity index (χ3v) is 4.52. The highest BCUT2D eigenvalue weighted by Gasteiger charge is 2.19. The molecule has 114 valence electrons. The molecule has 0 amide bonds. The molecule has 0 aromatic heterocycles. The van der Waals surface area contributed by atoms with Gasteiger partial charge in [-0.25, -0.2) is 0 Å². The number of aliphatic hydroxyl groups is 1. The van der Waals surface area contributed by atoms with E-state index < -0.39 is 5.60 Å². The largest absolute Gasteiger partial charge is 0.508 e. The lowest BCUT2D eigenvalue weighted by molar-refractivity contribution is 0.0802. The molecule has 0 aliphatic rings. The lowest BCUT2D eigenvalue weighted by Crippen LogP contribution is -2.15. The monoisotopic (exact) mass is 302 g/mol. The first-order chi connectivity index (χ1) is 10.9. The predicted octanol–water partition coefficient (Wildman–Crippen LogP) is 5.08. The molecule has 4 aromatic carbocycles. The van der Waals surface area contributed by atoms with Crippen LogP contribution in [-0.4, -0.2) is 10.2 Å². The van der Waals surface area contributed by atoms with Gasteiger partial charge in [-0.15, -0.1) is 0 Å². The number of hydrogen-bond acceptors (Lipinski definition) is 2. The highest BCUT2D eigenvalue weighted by molar-refractivity contribution is 6.17. The standard InChI is InChI=1S/C21H18O2/c1-21(2,23)20-5-3-4-16-18-8-6-13-12-14(22)7-9-15(13)17(18)10-11-19(16)20/h3-12,22-23H,1-2H3. The van der Waals surface area contributed by atoms with E-state index in [1.165, 1.54) is 0 Å². The predicted molar refractivity (Wildman–Crippen MR) is 95.9 cm³/mol. The van der Waals surface area contributed by atoms with Crippen molar-refractivity contribution in [2.45, 2.75) is 19.4 Å². The Hall–Kier alpha value is -2.58. The number of rotatable bonds is 1. The van der Waals surface area contributed by atoms with Gasteiger partial charge in [-0.2, -0.15) is 0 Å². The van der Waals surface area contributed by atoms with Gasteiger partial charge < -0.3 is 10.2 Å². The third-order valence-electron chi connectivity index (χ3n) is 4.52. The first-order valence-corrected chi connectivity index (χ1v) is 7.75. The number of phenols is 1. The number of fused-ring (bicyclic) bond motifs is 5. The Morgan fingerprint density at radius 2 is 1.30 bits per heavy atom. The zero-order valence-electron chi connectivity index (χ0n) is 13.2. The fourth-order valence-electron chi connectivity index (χ4n) is 3.44. The number of hydrogen-bond donors (Lipinski definition) is 2. The Bertz CT molecular complexity index is 1060. The minimum atomic E-state index is -0.879. The van der Waals surface area contributed by atoms with Crippen LogP contribution in [0.15, 0.2) is 60.7 Å². The molecule has 0 radical (unpaired) electrons. The number of phenolic OH excluding ortho intramolecular Hbond substituents is 1. The maximum Gasteiger partial charge on any atom is 0.116 e. The summed E-state index contributed by atoms with van der Waals surface area (Å²) in [6.07, 6.45) is 0. The molecular formula is C21H18O2. The average Bonchev–Trinajstić information content (AvgIpc) is 2.52. The molecule has 0 spiro atoms. The van der Waals surface area contributed by atoms with Crippen LogP contribution in [0.1, 0.15) is 19.4 Å². The van der Waals surface area contributed by atoms with E-state index in [2.05, 4.69) is 24.3 Å². The van der Waals surface area contributed by atoms with Crippen LogP contribution in [0, 0.1) is 0 Å². The van der Waals surface area contributed by atoms with E-state index in [1.54, 1.807) is 12.1 Å². The van der Waals surface area contributed by atoms with Crippen LogP contribution >= 0.6 is 0 Å². The molecule has 0 atom stereocenters. The summed E-state index contributed by atoms with van der Waals surface area (Å²) in [7, 11) is 0. The van der Waals surface area contributed by atoms with E-state index in [0.29, 0.717) is 0 Å². The van der Waals surface area contributed by atoms with Crippen LogP contribution < -0.4 is 0 Å². The Morgan fingerprint density at radius 3 is 2.09 bits per heavy atom. The minimum Gasteiger partial charge on any atom is -0.508 e. The first-order valence-electron chi connectivity index (χ1n) is 7.75. The third kappa shape index (κ3) is 2.14. The Balaban J connectivity index is 2.16. The van der Waals surface area contributed by atoms with Crippen LogP contribution in [0.4, 0.5) is 0 Å². The molecule has 0 aliphatic carbocycles. The SMILES string of the molecule is CC(C)(O)c1cccc2c1ccc1c3ccc(O)cc3ccc21. The summed E-state index contributed by atoms with van der Waals surface area (Å²) in [6, 6.07) is 19.8. The van der Waals surface area contributed by atoms with Gasteiger partial charge in [0.1, 0.15) is 5.75 Å². The zero-order valence-corrected chi connectivity index (χ0v) is 13.2. The molecule has 0 fully saturated rings. The number of benzene rings is 4. The molecule has 0 saturated heterocycles. The average molecular weight is 302 g/mol. The van der Waals surface area contributed by atoms with Crippen molar-refractivity contribution in [3.63, 3.8) is 0 Å². The summed E-state index contributed by atoms with van der Waals surface area (Å²) < 4.78 is 0. The summed E-state index contributed by atoms with van der Waals surface area (Å²) in [5.41, 5.74) is 0.0539. The molecule has 0 aliphatic heterocycles. The van der Waals surface area contributed by atoms with Crippen molar-refractivity contribution >= 4 is 32.3 Å². The molecule has 0 unspecified atom stereocenters. The number of aromatic hydroxyl groups is 1. The van der Waals surface area contributed by atoms with E-state index in [9.17, 15) is 10.2 Å². The van der Waals surface area contributed by atoms with Gasteiger partial charge in [0.05, 0.1) is 5.60 Å². The summed E-state index contributed by atoms with van der Waals surface area (Å²) >= 11 is 0. The highest BCUT2D eigenvalue weighted by atomic mass is 16.3. The normalized spacial score (nSPS) is 12.3. The molecule has 0 saturated carbocycles. The van der Waals surface area contributed by atoms with Gasteiger partial charge in [0.2, 0.25) is 0 Å². The van der Waals surface area contributed by atoms with Gasteiger partial charge >= 0.3 is 0 Å². The van der Waals surface area contributed by atoms with Crippen LogP contribution in [0.2, 0.25) is 0 Å². The molecule has 0 heterocycles. The second-order valence-electron chi connectivity index (χ2n) is 6.59. The summed E-state index contributed by atoms with van der Waals surface area (Å²) in [5.74, 6) is 0.280. The van der Waals surface area contributed by atoms with Gasteiger partial charge in [-0.1, -0.05) is 48.5 Å². The lowest BCUT2D eigenvalue weighted by atomic mass is 9.89. The fourth-order valence-corrected chi connectivity index (χ4v) is 3.44. The van der Waals surface area contributed by atoms with Crippen molar-refractivity contribution in [2.24, 2.45) is 0 Å². The molecule has 0 bridgehead atoms. The topological polar surface area (TPSA) is 40.5 Å². The molecule has 4 rings (SSSR count).